The molecule has 2 aromatic carbocycles. The first-order valence-electron chi connectivity index (χ1n) is 8.79. The van der Waals surface area contributed by atoms with Crippen molar-refractivity contribution >= 4 is 22.3 Å². The zero-order chi connectivity index (χ0) is 16.1. The van der Waals surface area contributed by atoms with Crippen LogP contribution >= 0.6 is 0 Å². The highest BCUT2D eigenvalue weighted by atomic mass is 15.0. The van der Waals surface area contributed by atoms with Crippen molar-refractivity contribution in [2.24, 2.45) is 5.92 Å². The van der Waals surface area contributed by atoms with Crippen LogP contribution in [-0.4, -0.2) is 11.0 Å². The van der Waals surface area contributed by atoms with Crippen LogP contribution in [0.1, 0.15) is 29.9 Å². The Labute approximate surface area is 141 Å². The highest BCUT2D eigenvalue weighted by molar-refractivity contribution is 5.99. The lowest BCUT2D eigenvalue weighted by atomic mass is 9.60. The topological polar surface area (TPSA) is 50.9 Å². The summed E-state index contributed by atoms with van der Waals surface area (Å²) in [5, 5.41) is 5.92. The molecule has 3 aromatic rings. The number of rotatable bonds is 2. The molecule has 3 atom stereocenters. The SMILES string of the molecule is Nc1cccc2c(NC3CC4c5ccccc5CCC34)nccc12. The molecular formula is C21H21N3. The van der Waals surface area contributed by atoms with Crippen LogP contribution in [-0.2, 0) is 6.42 Å². The van der Waals surface area contributed by atoms with Crippen molar-refractivity contribution in [3.63, 3.8) is 0 Å². The van der Waals surface area contributed by atoms with Gasteiger partial charge in [0, 0.05) is 28.7 Å². The lowest BCUT2D eigenvalue weighted by Crippen LogP contribution is -2.47. The molecule has 5 rings (SSSR count). The van der Waals surface area contributed by atoms with Crippen molar-refractivity contribution in [3.8, 4) is 0 Å². The van der Waals surface area contributed by atoms with E-state index >= 15 is 0 Å². The molecule has 0 amide bonds. The Bertz CT molecular complexity index is 918. The summed E-state index contributed by atoms with van der Waals surface area (Å²) in [4.78, 5) is 4.59. The molecular weight excluding hydrogens is 294 g/mol. The molecule has 1 aromatic heterocycles. The van der Waals surface area contributed by atoms with Gasteiger partial charge in [0.05, 0.1) is 0 Å². The monoisotopic (exact) mass is 315 g/mol. The number of benzene rings is 2. The summed E-state index contributed by atoms with van der Waals surface area (Å²) in [5.74, 6) is 2.41. The number of aromatic nitrogens is 1. The maximum absolute atomic E-state index is 6.11. The molecule has 1 heterocycles. The normalized spacial score (nSPS) is 24.8. The number of fused-ring (bicyclic) bond motifs is 4. The zero-order valence-corrected chi connectivity index (χ0v) is 13.6. The molecule has 0 saturated heterocycles. The molecule has 3 unspecified atom stereocenters. The van der Waals surface area contributed by atoms with Gasteiger partial charge in [0.15, 0.2) is 0 Å². The zero-order valence-electron chi connectivity index (χ0n) is 13.6. The van der Waals surface area contributed by atoms with Gasteiger partial charge in [-0.25, -0.2) is 4.98 Å². The van der Waals surface area contributed by atoms with Gasteiger partial charge >= 0.3 is 0 Å². The molecule has 0 aliphatic heterocycles. The predicted octanol–water partition coefficient (Wildman–Crippen LogP) is 4.35. The van der Waals surface area contributed by atoms with Crippen molar-refractivity contribution in [2.45, 2.75) is 31.2 Å². The van der Waals surface area contributed by atoms with Crippen LogP contribution in [0.4, 0.5) is 11.5 Å². The second-order valence-electron chi connectivity index (χ2n) is 7.10. The van der Waals surface area contributed by atoms with E-state index in [4.69, 9.17) is 5.73 Å². The van der Waals surface area contributed by atoms with Gasteiger partial charge < -0.3 is 11.1 Å². The predicted molar refractivity (Wildman–Crippen MR) is 99.2 cm³/mol. The minimum atomic E-state index is 0.517. The van der Waals surface area contributed by atoms with E-state index in [0.29, 0.717) is 12.0 Å². The molecule has 0 spiro atoms. The van der Waals surface area contributed by atoms with Crippen molar-refractivity contribution in [3.05, 3.63) is 65.9 Å². The van der Waals surface area contributed by atoms with Crippen LogP contribution in [0, 0.1) is 5.92 Å². The van der Waals surface area contributed by atoms with Crippen LogP contribution in [0.5, 0.6) is 0 Å². The molecule has 3 N–H and O–H groups in total. The van der Waals surface area contributed by atoms with Gasteiger partial charge in [-0.2, -0.15) is 0 Å². The number of nitrogens with two attached hydrogens (primary N) is 1. The Morgan fingerprint density at radius 2 is 1.92 bits per heavy atom. The quantitative estimate of drug-likeness (QED) is 0.691. The Morgan fingerprint density at radius 3 is 2.88 bits per heavy atom. The fraction of sp³-hybridized carbons (Fsp3) is 0.286. The number of aryl methyl sites for hydroxylation is 1. The highest BCUT2D eigenvalue weighted by Gasteiger charge is 2.44. The minimum Gasteiger partial charge on any atom is -0.398 e. The summed E-state index contributed by atoms with van der Waals surface area (Å²) < 4.78 is 0. The molecule has 1 fully saturated rings. The van der Waals surface area contributed by atoms with E-state index < -0.39 is 0 Å². The molecule has 3 heteroatoms. The Morgan fingerprint density at radius 1 is 1.00 bits per heavy atom. The minimum absolute atomic E-state index is 0.517. The van der Waals surface area contributed by atoms with Crippen molar-refractivity contribution in [1.29, 1.82) is 0 Å². The van der Waals surface area contributed by atoms with E-state index in [1.54, 1.807) is 11.1 Å². The fourth-order valence-corrected chi connectivity index (χ4v) is 4.60. The van der Waals surface area contributed by atoms with Gasteiger partial charge in [-0.1, -0.05) is 36.4 Å². The first-order valence-corrected chi connectivity index (χ1v) is 8.79. The molecule has 120 valence electrons. The summed E-state index contributed by atoms with van der Waals surface area (Å²) in [6, 6.07) is 17.5. The molecule has 0 radical (unpaired) electrons. The van der Waals surface area contributed by atoms with Crippen molar-refractivity contribution < 1.29 is 0 Å². The number of pyridine rings is 1. The summed E-state index contributed by atoms with van der Waals surface area (Å²) in [5.41, 5.74) is 10.0. The second-order valence-corrected chi connectivity index (χ2v) is 7.10. The van der Waals surface area contributed by atoms with Crippen molar-refractivity contribution in [1.82, 2.24) is 4.98 Å². The Balaban J connectivity index is 1.43. The third-order valence-corrected chi connectivity index (χ3v) is 5.91. The second kappa shape index (κ2) is 5.23. The first-order chi connectivity index (χ1) is 11.8. The van der Waals surface area contributed by atoms with E-state index in [1.807, 2.05) is 24.4 Å². The molecule has 0 bridgehead atoms. The summed E-state index contributed by atoms with van der Waals surface area (Å²) in [7, 11) is 0. The van der Waals surface area contributed by atoms with Crippen LogP contribution in [0.25, 0.3) is 10.8 Å². The average molecular weight is 315 g/mol. The van der Waals surface area contributed by atoms with Crippen LogP contribution in [0.15, 0.2) is 54.7 Å². The largest absolute Gasteiger partial charge is 0.398 e. The van der Waals surface area contributed by atoms with Gasteiger partial charge in [0.2, 0.25) is 0 Å². The maximum Gasteiger partial charge on any atom is 0.134 e. The van der Waals surface area contributed by atoms with E-state index in [0.717, 1.165) is 28.2 Å². The number of nitrogen functional groups attached to an aromatic ring is 1. The molecule has 2 aliphatic rings. The summed E-state index contributed by atoms with van der Waals surface area (Å²) >= 11 is 0. The number of nitrogens with one attached hydrogen (secondary N) is 1. The van der Waals surface area contributed by atoms with E-state index in [9.17, 15) is 0 Å². The first kappa shape index (κ1) is 13.8. The molecule has 3 nitrogen and oxygen atoms in total. The van der Waals surface area contributed by atoms with Crippen LogP contribution in [0.3, 0.4) is 0 Å². The summed E-state index contributed by atoms with van der Waals surface area (Å²) in [6.07, 6.45) is 5.52. The molecule has 24 heavy (non-hydrogen) atoms. The van der Waals surface area contributed by atoms with E-state index in [-0.39, 0.29) is 0 Å². The Kier molecular flexibility index (Phi) is 3.02. The lowest BCUT2D eigenvalue weighted by molar-refractivity contribution is 0.194. The smallest absolute Gasteiger partial charge is 0.134 e. The van der Waals surface area contributed by atoms with Gasteiger partial charge in [0.25, 0.3) is 0 Å². The number of hydrogen-bond acceptors (Lipinski definition) is 3. The van der Waals surface area contributed by atoms with Crippen LogP contribution in [0.2, 0.25) is 0 Å². The lowest BCUT2D eigenvalue weighted by Gasteiger charge is -2.49. The standard InChI is InChI=1S/C21H21N3/c22-19-7-3-6-17-15(19)10-11-23-21(17)24-20-12-18-14-5-2-1-4-13(14)8-9-16(18)20/h1-7,10-11,16,18,20H,8-9,12,22H2,(H,23,24). The van der Waals surface area contributed by atoms with Gasteiger partial charge in [-0.3, -0.25) is 0 Å². The highest BCUT2D eigenvalue weighted by Crippen LogP contribution is 2.50. The number of nitrogens with zero attached hydrogens (tertiary/aromatic N) is 1. The van der Waals surface area contributed by atoms with E-state index in [1.165, 1.54) is 19.3 Å². The van der Waals surface area contributed by atoms with Crippen molar-refractivity contribution in [2.75, 3.05) is 11.1 Å². The Hall–Kier alpha value is -2.55. The molecule has 1 saturated carbocycles. The molecule has 2 aliphatic carbocycles. The van der Waals surface area contributed by atoms with E-state index in [2.05, 4.69) is 40.6 Å². The number of anilines is 2. The van der Waals surface area contributed by atoms with Gasteiger partial charge in [-0.15, -0.1) is 0 Å². The van der Waals surface area contributed by atoms with Crippen LogP contribution < -0.4 is 11.1 Å². The summed E-state index contributed by atoms with van der Waals surface area (Å²) in [6.45, 7) is 0. The number of hydrogen-bond donors (Lipinski definition) is 2. The fourth-order valence-electron chi connectivity index (χ4n) is 4.60. The van der Waals surface area contributed by atoms with Gasteiger partial charge in [0.1, 0.15) is 5.82 Å². The third kappa shape index (κ3) is 2.01. The third-order valence-electron chi connectivity index (χ3n) is 5.91. The average Bonchev–Trinajstić information content (AvgIpc) is 2.60. The van der Waals surface area contributed by atoms with Gasteiger partial charge in [-0.05, 0) is 54.4 Å². The maximum atomic E-state index is 6.11.